The zero-order valence-electron chi connectivity index (χ0n) is 17.2. The van der Waals surface area contributed by atoms with Gasteiger partial charge in [-0.1, -0.05) is 50.1 Å². The normalized spacial score (nSPS) is 14.6. The molecule has 0 bridgehead atoms. The molecule has 2 aromatic rings. The Morgan fingerprint density at radius 1 is 1.04 bits per heavy atom. The molecule has 0 amide bonds. The van der Waals surface area contributed by atoms with Gasteiger partial charge in [-0.3, -0.25) is 4.99 Å². The molecule has 0 aromatic heterocycles. The van der Waals surface area contributed by atoms with Crippen LogP contribution in [-0.4, -0.2) is 25.9 Å². The first-order valence-electron chi connectivity index (χ1n) is 10.2. The molecule has 146 valence electrons. The molecular weight excluding hydrogens is 344 g/mol. The molecule has 0 spiro atoms. The Hall–Kier alpha value is -2.73. The predicted octanol–water partition coefficient (Wildman–Crippen LogP) is 5.33. The van der Waals surface area contributed by atoms with Gasteiger partial charge in [0.25, 0.3) is 0 Å². The Morgan fingerprint density at radius 3 is 2.43 bits per heavy atom. The molecular formula is C25H30N2O. The molecule has 1 fully saturated rings. The van der Waals surface area contributed by atoms with Gasteiger partial charge in [0, 0.05) is 30.3 Å². The third-order valence-corrected chi connectivity index (χ3v) is 4.91. The number of rotatable bonds is 5. The number of benzene rings is 2. The number of hydrogen-bond acceptors (Lipinski definition) is 3. The summed E-state index contributed by atoms with van der Waals surface area (Å²) in [7, 11) is 1.68. The van der Waals surface area contributed by atoms with E-state index in [9.17, 15) is 0 Å². The van der Waals surface area contributed by atoms with Gasteiger partial charge >= 0.3 is 0 Å². The smallest absolute Gasteiger partial charge is 0.118 e. The highest BCUT2D eigenvalue weighted by molar-refractivity contribution is 6.16. The van der Waals surface area contributed by atoms with Gasteiger partial charge in [0.15, 0.2) is 0 Å². The summed E-state index contributed by atoms with van der Waals surface area (Å²) in [5, 5.41) is 0. The Balaban J connectivity index is 1.92. The molecule has 0 radical (unpaired) electrons. The van der Waals surface area contributed by atoms with Crippen LogP contribution in [0.2, 0.25) is 0 Å². The van der Waals surface area contributed by atoms with E-state index in [1.54, 1.807) is 7.11 Å². The van der Waals surface area contributed by atoms with E-state index in [1.807, 2.05) is 12.1 Å². The summed E-state index contributed by atoms with van der Waals surface area (Å²) in [6.07, 6.45) is 3.83. The van der Waals surface area contributed by atoms with Gasteiger partial charge < -0.3 is 9.64 Å². The van der Waals surface area contributed by atoms with E-state index >= 15 is 0 Å². The van der Waals surface area contributed by atoms with Gasteiger partial charge in [-0.2, -0.15) is 0 Å². The first-order chi connectivity index (χ1) is 13.7. The lowest BCUT2D eigenvalue weighted by molar-refractivity contribution is 0.414. The molecule has 1 heterocycles. The number of nitrogens with zero attached hydrogens (tertiary/aromatic N) is 2. The van der Waals surface area contributed by atoms with Crippen LogP contribution in [0, 0.1) is 17.8 Å². The lowest BCUT2D eigenvalue weighted by atomic mass is 10.0. The molecule has 0 N–H and O–H groups in total. The summed E-state index contributed by atoms with van der Waals surface area (Å²) in [5.41, 5.74) is 4.44. The maximum absolute atomic E-state index is 5.25. The van der Waals surface area contributed by atoms with Gasteiger partial charge in [-0.15, -0.1) is 0 Å². The number of para-hydroxylation sites is 1. The molecule has 3 nitrogen and oxygen atoms in total. The van der Waals surface area contributed by atoms with Crippen molar-refractivity contribution in [3.05, 3.63) is 59.7 Å². The average molecular weight is 375 g/mol. The second-order valence-electron chi connectivity index (χ2n) is 7.50. The summed E-state index contributed by atoms with van der Waals surface area (Å²) < 4.78 is 5.25. The number of aliphatic imine (C=N–C) groups is 1. The third-order valence-electron chi connectivity index (χ3n) is 4.91. The number of anilines is 1. The van der Waals surface area contributed by atoms with Crippen LogP contribution in [0.4, 0.5) is 5.69 Å². The van der Waals surface area contributed by atoms with E-state index in [0.29, 0.717) is 12.5 Å². The SMILES string of the molecule is COc1ccc(CN=C(C#CC(C)C)c2ccccc2N2CCCCC2)cc1. The van der Waals surface area contributed by atoms with Crippen molar-refractivity contribution < 1.29 is 4.74 Å². The first-order valence-corrected chi connectivity index (χ1v) is 10.2. The minimum absolute atomic E-state index is 0.313. The standard InChI is InChI=1S/C25H30N2O/c1-20(2)11-16-24(26-19-21-12-14-22(28-3)15-13-21)23-9-5-6-10-25(23)27-17-7-4-8-18-27/h5-6,9-10,12-15,20H,4,7-8,17-19H2,1-3H3. The van der Waals surface area contributed by atoms with Crippen LogP contribution in [0.3, 0.4) is 0 Å². The van der Waals surface area contributed by atoms with Crippen LogP contribution in [0.15, 0.2) is 53.5 Å². The summed E-state index contributed by atoms with van der Waals surface area (Å²) in [5.74, 6) is 7.84. The predicted molar refractivity (Wildman–Crippen MR) is 118 cm³/mol. The largest absolute Gasteiger partial charge is 0.497 e. The molecule has 28 heavy (non-hydrogen) atoms. The number of methoxy groups -OCH3 is 1. The highest BCUT2D eigenvalue weighted by atomic mass is 16.5. The van der Waals surface area contributed by atoms with E-state index in [1.165, 1.54) is 24.9 Å². The molecule has 2 aromatic carbocycles. The fourth-order valence-corrected chi connectivity index (χ4v) is 3.39. The molecule has 3 heteroatoms. The summed E-state index contributed by atoms with van der Waals surface area (Å²) >= 11 is 0. The van der Waals surface area contributed by atoms with E-state index in [4.69, 9.17) is 9.73 Å². The van der Waals surface area contributed by atoms with E-state index in [0.717, 1.165) is 35.7 Å². The molecule has 0 atom stereocenters. The second kappa shape index (κ2) is 9.99. The van der Waals surface area contributed by atoms with Crippen LogP contribution < -0.4 is 9.64 Å². The van der Waals surface area contributed by atoms with Crippen molar-refractivity contribution in [1.29, 1.82) is 0 Å². The van der Waals surface area contributed by atoms with Crippen molar-refractivity contribution in [1.82, 2.24) is 0 Å². The highest BCUT2D eigenvalue weighted by Gasteiger charge is 2.16. The summed E-state index contributed by atoms with van der Waals surface area (Å²) in [6, 6.07) is 16.6. The Kier molecular flexibility index (Phi) is 7.14. The van der Waals surface area contributed by atoms with E-state index in [2.05, 4.69) is 67.0 Å². The number of hydrogen-bond donors (Lipinski definition) is 0. The maximum atomic E-state index is 5.25. The number of ether oxygens (including phenoxy) is 1. The van der Waals surface area contributed by atoms with Crippen molar-refractivity contribution in [3.63, 3.8) is 0 Å². The monoisotopic (exact) mass is 374 g/mol. The van der Waals surface area contributed by atoms with Gasteiger partial charge in [0.05, 0.1) is 13.7 Å². The van der Waals surface area contributed by atoms with Crippen LogP contribution in [0.1, 0.15) is 44.2 Å². The summed E-state index contributed by atoms with van der Waals surface area (Å²) in [6.45, 7) is 7.07. The molecule has 0 unspecified atom stereocenters. The van der Waals surface area contributed by atoms with Gasteiger partial charge in [-0.05, 0) is 48.9 Å². The van der Waals surface area contributed by atoms with Crippen LogP contribution in [0.25, 0.3) is 0 Å². The molecule has 0 aliphatic carbocycles. The third kappa shape index (κ3) is 5.39. The fourth-order valence-electron chi connectivity index (χ4n) is 3.39. The van der Waals surface area contributed by atoms with Gasteiger partial charge in [0.2, 0.25) is 0 Å². The topological polar surface area (TPSA) is 24.8 Å². The van der Waals surface area contributed by atoms with Crippen molar-refractivity contribution >= 4 is 11.4 Å². The second-order valence-corrected chi connectivity index (χ2v) is 7.50. The summed E-state index contributed by atoms with van der Waals surface area (Å²) in [4.78, 5) is 7.41. The quantitative estimate of drug-likeness (QED) is 0.522. The van der Waals surface area contributed by atoms with Crippen molar-refractivity contribution in [2.45, 2.75) is 39.7 Å². The van der Waals surface area contributed by atoms with Crippen LogP contribution in [0.5, 0.6) is 5.75 Å². The van der Waals surface area contributed by atoms with Crippen LogP contribution >= 0.6 is 0 Å². The van der Waals surface area contributed by atoms with E-state index < -0.39 is 0 Å². The van der Waals surface area contributed by atoms with Crippen LogP contribution in [-0.2, 0) is 6.54 Å². The minimum Gasteiger partial charge on any atom is -0.497 e. The maximum Gasteiger partial charge on any atom is 0.118 e. The molecule has 1 saturated heterocycles. The number of piperidine rings is 1. The molecule has 1 aliphatic heterocycles. The van der Waals surface area contributed by atoms with Crippen molar-refractivity contribution in [2.75, 3.05) is 25.1 Å². The van der Waals surface area contributed by atoms with Crippen molar-refractivity contribution in [3.8, 4) is 17.6 Å². The lowest BCUT2D eigenvalue weighted by Crippen LogP contribution is -2.30. The molecule has 0 saturated carbocycles. The first kappa shape index (κ1) is 20.0. The Bertz CT molecular complexity index is 850. The molecule has 1 aliphatic rings. The van der Waals surface area contributed by atoms with Crippen molar-refractivity contribution in [2.24, 2.45) is 10.9 Å². The fraction of sp³-hybridized carbons (Fsp3) is 0.400. The minimum atomic E-state index is 0.313. The Labute approximate surface area is 169 Å². The Morgan fingerprint density at radius 2 is 1.75 bits per heavy atom. The zero-order valence-corrected chi connectivity index (χ0v) is 17.2. The van der Waals surface area contributed by atoms with Gasteiger partial charge in [0.1, 0.15) is 11.5 Å². The average Bonchev–Trinajstić information content (AvgIpc) is 2.75. The lowest BCUT2D eigenvalue weighted by Gasteiger charge is -2.30. The van der Waals surface area contributed by atoms with E-state index in [-0.39, 0.29) is 0 Å². The molecule has 3 rings (SSSR count). The highest BCUT2D eigenvalue weighted by Crippen LogP contribution is 2.25. The zero-order chi connectivity index (χ0) is 19.8. The van der Waals surface area contributed by atoms with Gasteiger partial charge in [-0.25, -0.2) is 0 Å².